The minimum Gasteiger partial charge on any atom is -0.383 e. The molecule has 0 heterocycles. The minimum absolute atomic E-state index is 0.336. The summed E-state index contributed by atoms with van der Waals surface area (Å²) in [6.45, 7) is 7.69. The van der Waals surface area contributed by atoms with Gasteiger partial charge < -0.3 is 9.64 Å². The van der Waals surface area contributed by atoms with Gasteiger partial charge in [0.05, 0.1) is 12.7 Å². The molecule has 0 aromatic carbocycles. The van der Waals surface area contributed by atoms with Crippen molar-refractivity contribution >= 4 is 0 Å². The second-order valence-corrected chi connectivity index (χ2v) is 4.48. The highest BCUT2D eigenvalue weighted by Gasteiger charge is 2.25. The van der Waals surface area contributed by atoms with Gasteiger partial charge in [0.1, 0.15) is 5.54 Å². The highest BCUT2D eigenvalue weighted by Crippen LogP contribution is 2.16. The van der Waals surface area contributed by atoms with Gasteiger partial charge >= 0.3 is 0 Å². The first kappa shape index (κ1) is 16.4. The molecule has 0 aromatic heterocycles. The molecular weight excluding hydrogens is 214 g/mol. The van der Waals surface area contributed by atoms with Crippen LogP contribution in [0, 0.1) is 11.3 Å². The molecule has 0 radical (unpaired) electrons. The van der Waals surface area contributed by atoms with Crippen LogP contribution >= 0.6 is 0 Å². The van der Waals surface area contributed by atoms with E-state index in [0.717, 1.165) is 45.5 Å². The fourth-order valence-electron chi connectivity index (χ4n) is 1.91. The van der Waals surface area contributed by atoms with Crippen molar-refractivity contribution in [2.75, 3.05) is 40.4 Å². The Morgan fingerprint density at radius 3 is 2.53 bits per heavy atom. The third-order valence-electron chi connectivity index (χ3n) is 3.15. The number of nitrogens with one attached hydrogen (secondary N) is 1. The fourth-order valence-corrected chi connectivity index (χ4v) is 1.91. The SMILES string of the molecule is CCNC(C#N)(CC)CCCN(C)CCOC. The van der Waals surface area contributed by atoms with E-state index in [1.807, 2.05) is 6.92 Å². The molecule has 0 saturated heterocycles. The predicted octanol–water partition coefficient (Wildman–Crippen LogP) is 1.63. The molecule has 0 spiro atoms. The molecule has 1 N–H and O–H groups in total. The van der Waals surface area contributed by atoms with Crippen molar-refractivity contribution in [3.05, 3.63) is 0 Å². The monoisotopic (exact) mass is 241 g/mol. The maximum atomic E-state index is 9.27. The van der Waals surface area contributed by atoms with Gasteiger partial charge in [0, 0.05) is 13.7 Å². The van der Waals surface area contributed by atoms with Gasteiger partial charge in [0.2, 0.25) is 0 Å². The summed E-state index contributed by atoms with van der Waals surface area (Å²) >= 11 is 0. The molecule has 0 saturated carbocycles. The van der Waals surface area contributed by atoms with Crippen LogP contribution in [0.3, 0.4) is 0 Å². The second-order valence-electron chi connectivity index (χ2n) is 4.48. The number of nitrogens with zero attached hydrogens (tertiary/aromatic N) is 2. The molecule has 0 bridgehead atoms. The van der Waals surface area contributed by atoms with E-state index in [0.29, 0.717) is 0 Å². The molecule has 0 fully saturated rings. The van der Waals surface area contributed by atoms with E-state index in [9.17, 15) is 5.26 Å². The lowest BCUT2D eigenvalue weighted by molar-refractivity contribution is 0.159. The lowest BCUT2D eigenvalue weighted by Gasteiger charge is -2.27. The molecule has 17 heavy (non-hydrogen) atoms. The highest BCUT2D eigenvalue weighted by atomic mass is 16.5. The topological polar surface area (TPSA) is 48.3 Å². The van der Waals surface area contributed by atoms with E-state index in [1.54, 1.807) is 7.11 Å². The Hall–Kier alpha value is -0.630. The van der Waals surface area contributed by atoms with Gasteiger partial charge in [-0.15, -0.1) is 0 Å². The van der Waals surface area contributed by atoms with Crippen LogP contribution in [0.5, 0.6) is 0 Å². The molecule has 0 amide bonds. The van der Waals surface area contributed by atoms with E-state index in [-0.39, 0.29) is 5.54 Å². The Morgan fingerprint density at radius 1 is 1.35 bits per heavy atom. The maximum absolute atomic E-state index is 9.27. The molecule has 0 aromatic rings. The van der Waals surface area contributed by atoms with Gasteiger partial charge in [-0.2, -0.15) is 5.26 Å². The Bertz CT molecular complexity index is 227. The van der Waals surface area contributed by atoms with Crippen molar-refractivity contribution < 1.29 is 4.74 Å². The number of ether oxygens (including phenoxy) is 1. The van der Waals surface area contributed by atoms with Crippen LogP contribution in [0.4, 0.5) is 0 Å². The van der Waals surface area contributed by atoms with Crippen LogP contribution in [0.25, 0.3) is 0 Å². The quantitative estimate of drug-likeness (QED) is 0.631. The molecule has 0 aliphatic heterocycles. The maximum Gasteiger partial charge on any atom is 0.106 e. The van der Waals surface area contributed by atoms with Crippen molar-refractivity contribution in [2.24, 2.45) is 0 Å². The molecule has 4 nitrogen and oxygen atoms in total. The summed E-state index contributed by atoms with van der Waals surface area (Å²) < 4.78 is 5.03. The first-order valence-corrected chi connectivity index (χ1v) is 6.48. The molecule has 1 unspecified atom stereocenters. The molecule has 1 atom stereocenters. The first-order valence-electron chi connectivity index (χ1n) is 6.48. The molecule has 0 rings (SSSR count). The van der Waals surface area contributed by atoms with E-state index in [2.05, 4.69) is 30.3 Å². The lowest BCUT2D eigenvalue weighted by atomic mass is 9.92. The van der Waals surface area contributed by atoms with Crippen molar-refractivity contribution in [1.29, 1.82) is 5.26 Å². The third-order valence-corrected chi connectivity index (χ3v) is 3.15. The fraction of sp³-hybridized carbons (Fsp3) is 0.923. The number of hydrogen-bond donors (Lipinski definition) is 1. The van der Waals surface area contributed by atoms with Crippen LogP contribution in [0.2, 0.25) is 0 Å². The third kappa shape index (κ3) is 6.62. The zero-order chi connectivity index (χ0) is 13.1. The number of hydrogen-bond acceptors (Lipinski definition) is 4. The van der Waals surface area contributed by atoms with Crippen LogP contribution in [-0.2, 0) is 4.74 Å². The van der Waals surface area contributed by atoms with Crippen LogP contribution in [-0.4, -0.2) is 50.8 Å². The summed E-state index contributed by atoms with van der Waals surface area (Å²) in [5, 5.41) is 12.6. The van der Waals surface area contributed by atoms with Gasteiger partial charge in [-0.1, -0.05) is 13.8 Å². The highest BCUT2D eigenvalue weighted by molar-refractivity contribution is 5.05. The Labute approximate surface area is 106 Å². The Kier molecular flexibility index (Phi) is 9.06. The van der Waals surface area contributed by atoms with Crippen molar-refractivity contribution in [3.8, 4) is 6.07 Å². The standard InChI is InChI=1S/C13H27N3O/c1-5-13(12-14,15-6-2)8-7-9-16(3)10-11-17-4/h15H,5-11H2,1-4H3. The summed E-state index contributed by atoms with van der Waals surface area (Å²) in [5.41, 5.74) is -0.336. The smallest absolute Gasteiger partial charge is 0.106 e. The Balaban J connectivity index is 3.94. The normalized spacial score (nSPS) is 14.6. The van der Waals surface area contributed by atoms with Crippen LogP contribution in [0.1, 0.15) is 33.1 Å². The van der Waals surface area contributed by atoms with E-state index in [4.69, 9.17) is 4.74 Å². The summed E-state index contributed by atoms with van der Waals surface area (Å²) in [4.78, 5) is 2.24. The van der Waals surface area contributed by atoms with Gasteiger partial charge in [-0.25, -0.2) is 0 Å². The lowest BCUT2D eigenvalue weighted by Crippen LogP contribution is -2.43. The molecule has 4 heteroatoms. The average Bonchev–Trinajstić information content (AvgIpc) is 2.35. The van der Waals surface area contributed by atoms with E-state index < -0.39 is 0 Å². The van der Waals surface area contributed by atoms with Gasteiger partial charge in [-0.05, 0) is 39.4 Å². The summed E-state index contributed by atoms with van der Waals surface area (Å²) in [5.74, 6) is 0. The second kappa shape index (κ2) is 9.41. The summed E-state index contributed by atoms with van der Waals surface area (Å²) in [6, 6.07) is 2.43. The zero-order valence-electron chi connectivity index (χ0n) is 11.8. The van der Waals surface area contributed by atoms with Gasteiger partial charge in [-0.3, -0.25) is 5.32 Å². The molecule has 0 aliphatic rings. The first-order chi connectivity index (χ1) is 8.14. The van der Waals surface area contributed by atoms with Gasteiger partial charge in [0.15, 0.2) is 0 Å². The van der Waals surface area contributed by atoms with Crippen molar-refractivity contribution in [3.63, 3.8) is 0 Å². The van der Waals surface area contributed by atoms with Crippen molar-refractivity contribution in [2.45, 2.75) is 38.6 Å². The van der Waals surface area contributed by atoms with E-state index >= 15 is 0 Å². The number of methoxy groups -OCH3 is 1. The minimum atomic E-state index is -0.336. The number of likely N-dealkylation sites (N-methyl/N-ethyl adjacent to an activating group) is 1. The number of nitriles is 1. The largest absolute Gasteiger partial charge is 0.383 e. The number of rotatable bonds is 10. The van der Waals surface area contributed by atoms with Crippen LogP contribution < -0.4 is 5.32 Å². The molecular formula is C13H27N3O. The molecule has 100 valence electrons. The Morgan fingerprint density at radius 2 is 2.06 bits per heavy atom. The summed E-state index contributed by atoms with van der Waals surface area (Å²) in [7, 11) is 3.81. The van der Waals surface area contributed by atoms with Crippen molar-refractivity contribution in [1.82, 2.24) is 10.2 Å². The predicted molar refractivity (Wildman–Crippen MR) is 70.9 cm³/mol. The van der Waals surface area contributed by atoms with Gasteiger partial charge in [0.25, 0.3) is 0 Å². The van der Waals surface area contributed by atoms with Crippen LogP contribution in [0.15, 0.2) is 0 Å². The van der Waals surface area contributed by atoms with E-state index in [1.165, 1.54) is 0 Å². The summed E-state index contributed by atoms with van der Waals surface area (Å²) in [6.07, 6.45) is 2.80. The zero-order valence-corrected chi connectivity index (χ0v) is 11.8. The molecule has 0 aliphatic carbocycles. The average molecular weight is 241 g/mol.